The van der Waals surface area contributed by atoms with Gasteiger partial charge in [0.1, 0.15) is 0 Å². The molecule has 1 nitrogen and oxygen atoms in total. The highest BCUT2D eigenvalue weighted by atomic mass is 19.4. The molecule has 92 valence electrons. The van der Waals surface area contributed by atoms with Crippen LogP contribution in [-0.4, -0.2) is 17.9 Å². The third-order valence-electron chi connectivity index (χ3n) is 1.89. The Kier molecular flexibility index (Phi) is 3.65. The van der Waals surface area contributed by atoms with E-state index in [4.69, 9.17) is 0 Å². The van der Waals surface area contributed by atoms with Crippen molar-refractivity contribution in [1.82, 2.24) is 0 Å². The molecule has 0 unspecified atom stereocenters. The molecule has 0 aliphatic heterocycles. The molecule has 0 aliphatic carbocycles. The van der Waals surface area contributed by atoms with Crippen molar-refractivity contribution in [3.8, 4) is 0 Å². The maximum absolute atomic E-state index is 12.5. The van der Waals surface area contributed by atoms with Crippen LogP contribution in [0.2, 0.25) is 0 Å². The Hall–Kier alpha value is -1.72. The van der Waals surface area contributed by atoms with E-state index in [-0.39, 0.29) is 6.08 Å². The highest BCUT2D eigenvalue weighted by Crippen LogP contribution is 2.36. The van der Waals surface area contributed by atoms with Crippen LogP contribution >= 0.6 is 0 Å². The number of ketones is 1. The van der Waals surface area contributed by atoms with E-state index in [1.165, 1.54) is 12.1 Å². The highest BCUT2D eigenvalue weighted by Gasteiger charge is 2.62. The van der Waals surface area contributed by atoms with Gasteiger partial charge in [0.05, 0.1) is 0 Å². The molecule has 0 aliphatic rings. The standard InChI is InChI=1S/C11H7F5O/c12-10(13,11(14,15)16)9(17)7-6-8-4-2-1-3-5-8/h1-7H/b7-6+. The van der Waals surface area contributed by atoms with Crippen LogP contribution in [0.5, 0.6) is 0 Å². The number of carbonyl (C=O) groups is 1. The molecular weight excluding hydrogens is 243 g/mol. The Morgan fingerprint density at radius 2 is 1.53 bits per heavy atom. The maximum atomic E-state index is 12.5. The van der Waals surface area contributed by atoms with Crippen LogP contribution in [0.4, 0.5) is 22.0 Å². The van der Waals surface area contributed by atoms with Crippen molar-refractivity contribution in [3.63, 3.8) is 0 Å². The van der Waals surface area contributed by atoms with Gasteiger partial charge in [-0.1, -0.05) is 36.4 Å². The van der Waals surface area contributed by atoms with Gasteiger partial charge in [-0.3, -0.25) is 4.79 Å². The number of benzene rings is 1. The molecule has 0 atom stereocenters. The van der Waals surface area contributed by atoms with E-state index in [1.807, 2.05) is 0 Å². The molecule has 0 aromatic heterocycles. The lowest BCUT2D eigenvalue weighted by atomic mass is 10.1. The van der Waals surface area contributed by atoms with Gasteiger partial charge >= 0.3 is 12.1 Å². The molecule has 0 N–H and O–H groups in total. The lowest BCUT2D eigenvalue weighted by molar-refractivity contribution is -0.266. The fraction of sp³-hybridized carbons (Fsp3) is 0.182. The summed E-state index contributed by atoms with van der Waals surface area (Å²) in [7, 11) is 0. The summed E-state index contributed by atoms with van der Waals surface area (Å²) in [6, 6.07) is 7.70. The first-order valence-corrected chi connectivity index (χ1v) is 4.47. The first kappa shape index (κ1) is 13.3. The third-order valence-corrected chi connectivity index (χ3v) is 1.89. The van der Waals surface area contributed by atoms with Crippen molar-refractivity contribution in [2.45, 2.75) is 12.1 Å². The SMILES string of the molecule is O=C(/C=C/c1ccccc1)C(F)(F)C(F)(F)F. The van der Waals surface area contributed by atoms with Gasteiger partial charge in [-0.15, -0.1) is 0 Å². The zero-order valence-corrected chi connectivity index (χ0v) is 8.34. The molecule has 0 amide bonds. The zero-order valence-electron chi connectivity index (χ0n) is 8.34. The summed E-state index contributed by atoms with van der Waals surface area (Å²) < 4.78 is 60.4. The van der Waals surface area contributed by atoms with Crippen LogP contribution in [-0.2, 0) is 4.79 Å². The van der Waals surface area contributed by atoms with E-state index in [0.29, 0.717) is 5.56 Å². The lowest BCUT2D eigenvalue weighted by Gasteiger charge is -2.15. The monoisotopic (exact) mass is 250 g/mol. The lowest BCUT2D eigenvalue weighted by Crippen LogP contribution is -2.43. The van der Waals surface area contributed by atoms with E-state index in [1.54, 1.807) is 18.2 Å². The van der Waals surface area contributed by atoms with Crippen LogP contribution < -0.4 is 0 Å². The highest BCUT2D eigenvalue weighted by molar-refractivity contribution is 5.99. The Labute approximate surface area is 93.6 Å². The van der Waals surface area contributed by atoms with Gasteiger partial charge in [0, 0.05) is 0 Å². The minimum Gasteiger partial charge on any atom is -0.288 e. The van der Waals surface area contributed by atoms with E-state index >= 15 is 0 Å². The Morgan fingerprint density at radius 1 is 1.00 bits per heavy atom. The molecule has 0 radical (unpaired) electrons. The smallest absolute Gasteiger partial charge is 0.288 e. The van der Waals surface area contributed by atoms with Gasteiger partial charge in [0.15, 0.2) is 0 Å². The quantitative estimate of drug-likeness (QED) is 0.593. The summed E-state index contributed by atoms with van der Waals surface area (Å²) in [4.78, 5) is 10.7. The number of halogens is 5. The van der Waals surface area contributed by atoms with E-state index in [9.17, 15) is 26.7 Å². The second-order valence-electron chi connectivity index (χ2n) is 3.18. The second kappa shape index (κ2) is 4.65. The molecule has 1 rings (SSSR count). The molecule has 6 heteroatoms. The van der Waals surface area contributed by atoms with Gasteiger partial charge in [0.2, 0.25) is 5.78 Å². The van der Waals surface area contributed by atoms with Crippen LogP contribution in [0.3, 0.4) is 0 Å². The number of allylic oxidation sites excluding steroid dienone is 1. The largest absolute Gasteiger partial charge is 0.461 e. The molecule has 1 aromatic carbocycles. The number of rotatable bonds is 3. The van der Waals surface area contributed by atoms with Crippen molar-refractivity contribution >= 4 is 11.9 Å². The Balaban J connectivity index is 2.84. The summed E-state index contributed by atoms with van der Waals surface area (Å²) in [5.74, 6) is -7.63. The summed E-state index contributed by atoms with van der Waals surface area (Å²) in [5, 5.41) is 0. The Bertz CT molecular complexity index is 419. The van der Waals surface area contributed by atoms with Crippen molar-refractivity contribution in [2.24, 2.45) is 0 Å². The van der Waals surface area contributed by atoms with Crippen LogP contribution in [0.25, 0.3) is 6.08 Å². The van der Waals surface area contributed by atoms with Gasteiger partial charge < -0.3 is 0 Å². The summed E-state index contributed by atoms with van der Waals surface area (Å²) >= 11 is 0. The maximum Gasteiger partial charge on any atom is 0.461 e. The van der Waals surface area contributed by atoms with Gasteiger partial charge in [-0.05, 0) is 11.6 Å². The number of carbonyl (C=O) groups excluding carboxylic acids is 1. The number of hydrogen-bond acceptors (Lipinski definition) is 1. The molecule has 1 aromatic rings. The summed E-state index contributed by atoms with van der Waals surface area (Å²) in [6.45, 7) is 0. The molecule has 0 saturated heterocycles. The zero-order chi connectivity index (χ0) is 13.1. The van der Waals surface area contributed by atoms with E-state index in [0.717, 1.165) is 6.08 Å². The molecule has 0 heterocycles. The first-order valence-electron chi connectivity index (χ1n) is 4.47. The first-order chi connectivity index (χ1) is 7.75. The average Bonchev–Trinajstić information content (AvgIpc) is 2.25. The molecule has 0 spiro atoms. The molecular formula is C11H7F5O. The number of hydrogen-bond donors (Lipinski definition) is 0. The molecule has 0 saturated carbocycles. The minimum atomic E-state index is -5.87. The van der Waals surface area contributed by atoms with Crippen molar-refractivity contribution in [1.29, 1.82) is 0 Å². The predicted molar refractivity (Wildman–Crippen MR) is 51.5 cm³/mol. The van der Waals surface area contributed by atoms with Crippen molar-refractivity contribution in [3.05, 3.63) is 42.0 Å². The van der Waals surface area contributed by atoms with Crippen molar-refractivity contribution < 1.29 is 26.7 Å². The topological polar surface area (TPSA) is 17.1 Å². The van der Waals surface area contributed by atoms with E-state index < -0.39 is 17.9 Å². The summed E-state index contributed by atoms with van der Waals surface area (Å²) in [5.41, 5.74) is 0.360. The number of alkyl halides is 5. The fourth-order valence-corrected chi connectivity index (χ4v) is 0.980. The normalized spacial score (nSPS) is 13.0. The van der Waals surface area contributed by atoms with E-state index in [2.05, 4.69) is 0 Å². The van der Waals surface area contributed by atoms with Crippen LogP contribution in [0.1, 0.15) is 5.56 Å². The molecule has 0 bridgehead atoms. The second-order valence-corrected chi connectivity index (χ2v) is 3.18. The van der Waals surface area contributed by atoms with Gasteiger partial charge in [-0.2, -0.15) is 22.0 Å². The van der Waals surface area contributed by atoms with Gasteiger partial charge in [0.25, 0.3) is 0 Å². The third kappa shape index (κ3) is 3.12. The van der Waals surface area contributed by atoms with Gasteiger partial charge in [-0.25, -0.2) is 0 Å². The fourth-order valence-electron chi connectivity index (χ4n) is 0.980. The Morgan fingerprint density at radius 3 is 2.00 bits per heavy atom. The summed E-state index contributed by atoms with van der Waals surface area (Å²) in [6.07, 6.45) is -4.74. The molecule has 0 fully saturated rings. The minimum absolute atomic E-state index is 0.225. The van der Waals surface area contributed by atoms with Crippen LogP contribution in [0, 0.1) is 0 Å². The average molecular weight is 250 g/mol. The van der Waals surface area contributed by atoms with Crippen LogP contribution in [0.15, 0.2) is 36.4 Å². The van der Waals surface area contributed by atoms with Crippen molar-refractivity contribution in [2.75, 3.05) is 0 Å². The predicted octanol–water partition coefficient (Wildman–Crippen LogP) is 3.47. The molecule has 17 heavy (non-hydrogen) atoms.